The highest BCUT2D eigenvalue weighted by atomic mass is 16.4. The Bertz CT molecular complexity index is 648. The average molecular weight is 257 g/mol. The summed E-state index contributed by atoms with van der Waals surface area (Å²) in [6.07, 6.45) is 5.21. The highest BCUT2D eigenvalue weighted by Crippen LogP contribution is 2.61. The van der Waals surface area contributed by atoms with E-state index in [0.29, 0.717) is 11.5 Å². The van der Waals surface area contributed by atoms with Crippen LogP contribution in [0.15, 0.2) is 22.6 Å². The average Bonchev–Trinajstić information content (AvgIpc) is 3.00. The Morgan fingerprint density at radius 2 is 2.00 bits per heavy atom. The van der Waals surface area contributed by atoms with Crippen LogP contribution in [-0.2, 0) is 0 Å². The van der Waals surface area contributed by atoms with Crippen molar-refractivity contribution in [3.63, 3.8) is 0 Å². The fourth-order valence-corrected chi connectivity index (χ4v) is 3.58. The molecule has 0 saturated heterocycles. The molecule has 2 aliphatic carbocycles. The fraction of sp³-hybridized carbons (Fsp3) is 0.467. The van der Waals surface area contributed by atoms with Gasteiger partial charge in [-0.2, -0.15) is 0 Å². The van der Waals surface area contributed by atoms with Gasteiger partial charge >= 0.3 is 5.97 Å². The molecule has 19 heavy (non-hydrogen) atoms. The Balaban J connectivity index is 1.70. The Hall–Kier alpha value is -1.84. The van der Waals surface area contributed by atoms with Crippen LogP contribution in [-0.4, -0.2) is 16.1 Å². The maximum Gasteiger partial charge on any atom is 0.335 e. The SMILES string of the molecule is O=C(O)c1ccc2nc(C3C4CCCCC43)oc2c1. The van der Waals surface area contributed by atoms with Crippen LogP contribution < -0.4 is 0 Å². The monoisotopic (exact) mass is 257 g/mol. The van der Waals surface area contributed by atoms with Crippen LogP contribution >= 0.6 is 0 Å². The topological polar surface area (TPSA) is 63.3 Å². The number of fused-ring (bicyclic) bond motifs is 2. The van der Waals surface area contributed by atoms with Gasteiger partial charge in [0.15, 0.2) is 11.5 Å². The standard InChI is InChI=1S/C15H15NO3/c17-15(18)8-5-6-11-12(7-8)19-14(16-11)13-9-3-1-2-4-10(9)13/h5-7,9-10,13H,1-4H2,(H,17,18). The van der Waals surface area contributed by atoms with Crippen molar-refractivity contribution in [1.82, 2.24) is 4.98 Å². The smallest absolute Gasteiger partial charge is 0.335 e. The quantitative estimate of drug-likeness (QED) is 0.895. The normalized spacial score (nSPS) is 29.2. The number of carbonyl (C=O) groups is 1. The molecule has 2 aliphatic rings. The van der Waals surface area contributed by atoms with E-state index in [1.54, 1.807) is 18.2 Å². The molecule has 0 amide bonds. The minimum Gasteiger partial charge on any atom is -0.478 e. The highest BCUT2D eigenvalue weighted by Gasteiger charge is 2.54. The molecule has 2 atom stereocenters. The maximum atomic E-state index is 10.9. The summed E-state index contributed by atoms with van der Waals surface area (Å²) in [4.78, 5) is 15.5. The molecule has 98 valence electrons. The summed E-state index contributed by atoms with van der Waals surface area (Å²) in [7, 11) is 0. The minimum atomic E-state index is -0.931. The molecule has 1 aromatic heterocycles. The molecule has 2 fully saturated rings. The zero-order chi connectivity index (χ0) is 13.0. The molecule has 0 radical (unpaired) electrons. The summed E-state index contributed by atoms with van der Waals surface area (Å²) >= 11 is 0. The number of hydrogen-bond acceptors (Lipinski definition) is 3. The molecule has 0 spiro atoms. The van der Waals surface area contributed by atoms with Gasteiger partial charge < -0.3 is 9.52 Å². The lowest BCUT2D eigenvalue weighted by atomic mass is 10.0. The van der Waals surface area contributed by atoms with Gasteiger partial charge in [0.1, 0.15) is 5.52 Å². The van der Waals surface area contributed by atoms with Crippen LogP contribution in [0.2, 0.25) is 0 Å². The Labute approximate surface area is 110 Å². The van der Waals surface area contributed by atoms with Crippen molar-refractivity contribution in [2.24, 2.45) is 11.8 Å². The van der Waals surface area contributed by atoms with Crippen LogP contribution in [0.1, 0.15) is 47.8 Å². The number of aromatic nitrogens is 1. The third-order valence-electron chi connectivity index (χ3n) is 4.59. The molecule has 2 saturated carbocycles. The molecular weight excluding hydrogens is 242 g/mol. The van der Waals surface area contributed by atoms with Crippen molar-refractivity contribution in [2.75, 3.05) is 0 Å². The van der Waals surface area contributed by atoms with E-state index in [1.807, 2.05) is 0 Å². The lowest BCUT2D eigenvalue weighted by Crippen LogP contribution is -1.94. The van der Waals surface area contributed by atoms with Gasteiger partial charge in [0, 0.05) is 5.92 Å². The highest BCUT2D eigenvalue weighted by molar-refractivity contribution is 5.91. The van der Waals surface area contributed by atoms with E-state index in [-0.39, 0.29) is 5.56 Å². The summed E-state index contributed by atoms with van der Waals surface area (Å²) < 4.78 is 5.80. The van der Waals surface area contributed by atoms with Crippen molar-refractivity contribution >= 4 is 17.1 Å². The van der Waals surface area contributed by atoms with Crippen molar-refractivity contribution in [1.29, 1.82) is 0 Å². The van der Waals surface area contributed by atoms with Gasteiger partial charge in [-0.3, -0.25) is 0 Å². The van der Waals surface area contributed by atoms with Crippen LogP contribution in [0.5, 0.6) is 0 Å². The second kappa shape index (κ2) is 3.83. The van der Waals surface area contributed by atoms with Crippen molar-refractivity contribution in [3.05, 3.63) is 29.7 Å². The van der Waals surface area contributed by atoms with Gasteiger partial charge in [0.05, 0.1) is 5.56 Å². The Morgan fingerprint density at radius 3 is 2.68 bits per heavy atom. The lowest BCUT2D eigenvalue weighted by molar-refractivity contribution is 0.0697. The molecule has 1 heterocycles. The van der Waals surface area contributed by atoms with Crippen LogP contribution in [0, 0.1) is 11.8 Å². The summed E-state index contributed by atoms with van der Waals surface area (Å²) in [5.41, 5.74) is 1.62. The second-order valence-corrected chi connectivity index (χ2v) is 5.68. The second-order valence-electron chi connectivity index (χ2n) is 5.68. The molecule has 0 bridgehead atoms. The third kappa shape index (κ3) is 1.66. The molecule has 4 nitrogen and oxygen atoms in total. The van der Waals surface area contributed by atoms with Gasteiger partial charge in [0.2, 0.25) is 0 Å². The first kappa shape index (κ1) is 11.0. The summed E-state index contributed by atoms with van der Waals surface area (Å²) in [6.45, 7) is 0. The third-order valence-corrected chi connectivity index (χ3v) is 4.59. The van der Waals surface area contributed by atoms with E-state index in [1.165, 1.54) is 25.7 Å². The molecule has 0 aliphatic heterocycles. The van der Waals surface area contributed by atoms with Gasteiger partial charge in [-0.15, -0.1) is 0 Å². The Morgan fingerprint density at radius 1 is 1.26 bits per heavy atom. The van der Waals surface area contributed by atoms with Gasteiger partial charge in [0.25, 0.3) is 0 Å². The number of aromatic carboxylic acids is 1. The molecule has 1 aromatic carbocycles. The van der Waals surface area contributed by atoms with E-state index < -0.39 is 5.97 Å². The first-order valence-corrected chi connectivity index (χ1v) is 6.88. The molecule has 1 N–H and O–H groups in total. The molecule has 4 heteroatoms. The summed E-state index contributed by atoms with van der Waals surface area (Å²) in [5.74, 6) is 1.86. The van der Waals surface area contributed by atoms with Gasteiger partial charge in [-0.1, -0.05) is 12.8 Å². The number of oxazole rings is 1. The van der Waals surface area contributed by atoms with Crippen molar-refractivity contribution in [2.45, 2.75) is 31.6 Å². The van der Waals surface area contributed by atoms with Gasteiger partial charge in [-0.05, 0) is 42.9 Å². The van der Waals surface area contributed by atoms with E-state index >= 15 is 0 Å². The van der Waals surface area contributed by atoms with E-state index in [0.717, 1.165) is 23.2 Å². The minimum absolute atomic E-state index is 0.253. The lowest BCUT2D eigenvalue weighted by Gasteiger charge is -2.04. The number of nitrogens with zero attached hydrogens (tertiary/aromatic N) is 1. The summed E-state index contributed by atoms with van der Waals surface area (Å²) in [6, 6.07) is 4.88. The number of carboxylic acid groups (broad SMARTS) is 1. The molecular formula is C15H15NO3. The van der Waals surface area contributed by atoms with E-state index in [2.05, 4.69) is 4.98 Å². The predicted molar refractivity (Wildman–Crippen MR) is 69.2 cm³/mol. The van der Waals surface area contributed by atoms with E-state index in [9.17, 15) is 4.79 Å². The Kier molecular flexibility index (Phi) is 2.22. The molecule has 2 unspecified atom stereocenters. The van der Waals surface area contributed by atoms with Crippen LogP contribution in [0.25, 0.3) is 11.1 Å². The van der Waals surface area contributed by atoms with Crippen LogP contribution in [0.4, 0.5) is 0 Å². The van der Waals surface area contributed by atoms with E-state index in [4.69, 9.17) is 9.52 Å². The van der Waals surface area contributed by atoms with Crippen molar-refractivity contribution < 1.29 is 14.3 Å². The van der Waals surface area contributed by atoms with Gasteiger partial charge in [-0.25, -0.2) is 9.78 Å². The van der Waals surface area contributed by atoms with Crippen LogP contribution in [0.3, 0.4) is 0 Å². The fourth-order valence-electron chi connectivity index (χ4n) is 3.58. The zero-order valence-electron chi connectivity index (χ0n) is 10.5. The maximum absolute atomic E-state index is 10.9. The molecule has 4 rings (SSSR count). The zero-order valence-corrected chi connectivity index (χ0v) is 10.5. The number of rotatable bonds is 2. The largest absolute Gasteiger partial charge is 0.478 e. The van der Waals surface area contributed by atoms with Crippen molar-refractivity contribution in [3.8, 4) is 0 Å². The number of benzene rings is 1. The first-order valence-electron chi connectivity index (χ1n) is 6.88. The summed E-state index contributed by atoms with van der Waals surface area (Å²) in [5, 5.41) is 8.98. The molecule has 2 aromatic rings. The number of carboxylic acids is 1. The predicted octanol–water partition coefficient (Wildman–Crippen LogP) is 3.43. The number of hydrogen-bond donors (Lipinski definition) is 1. The first-order chi connectivity index (χ1) is 9.24.